The van der Waals surface area contributed by atoms with Crippen LogP contribution in [-0.2, 0) is 11.4 Å². The van der Waals surface area contributed by atoms with Crippen LogP contribution in [0.1, 0.15) is 26.6 Å². The van der Waals surface area contributed by atoms with Gasteiger partial charge in [-0.3, -0.25) is 20.4 Å². The average molecular weight is 411 g/mol. The van der Waals surface area contributed by atoms with Crippen LogP contribution in [0.3, 0.4) is 0 Å². The van der Waals surface area contributed by atoms with Gasteiger partial charge in [-0.15, -0.1) is 11.3 Å². The van der Waals surface area contributed by atoms with E-state index in [-0.39, 0.29) is 6.61 Å². The number of carbonyl (C=O) groups is 2. The van der Waals surface area contributed by atoms with Crippen molar-refractivity contribution in [2.24, 2.45) is 0 Å². The van der Waals surface area contributed by atoms with Crippen LogP contribution >= 0.6 is 11.3 Å². The Labute approximate surface area is 172 Å². The summed E-state index contributed by atoms with van der Waals surface area (Å²) in [4.78, 5) is 28.3. The highest BCUT2D eigenvalue weighted by molar-refractivity contribution is 7.09. The van der Waals surface area contributed by atoms with E-state index in [9.17, 15) is 9.59 Å². The van der Waals surface area contributed by atoms with Crippen molar-refractivity contribution in [1.82, 2.24) is 15.8 Å². The van der Waals surface area contributed by atoms with Crippen LogP contribution in [0.2, 0.25) is 0 Å². The van der Waals surface area contributed by atoms with Crippen LogP contribution in [0.25, 0.3) is 0 Å². The summed E-state index contributed by atoms with van der Waals surface area (Å²) in [6.45, 7) is 4.00. The molecule has 0 unspecified atom stereocenters. The number of rotatable bonds is 7. The van der Waals surface area contributed by atoms with Gasteiger partial charge in [0.25, 0.3) is 11.8 Å². The first-order valence-electron chi connectivity index (χ1n) is 8.93. The van der Waals surface area contributed by atoms with Crippen LogP contribution in [0, 0.1) is 13.8 Å². The average Bonchev–Trinajstić information content (AvgIpc) is 3.15. The fourth-order valence-corrected chi connectivity index (χ4v) is 3.03. The zero-order chi connectivity index (χ0) is 20.6. The summed E-state index contributed by atoms with van der Waals surface area (Å²) in [5.41, 5.74) is 6.88. The molecule has 0 aliphatic heterocycles. The molecule has 0 aliphatic rings. The van der Waals surface area contributed by atoms with Gasteiger partial charge in [-0.2, -0.15) is 0 Å². The molecule has 2 N–H and O–H groups in total. The normalized spacial score (nSPS) is 10.3. The number of thiazole rings is 1. The Bertz CT molecular complexity index is 986. The molecule has 0 atom stereocenters. The molecular formula is C21H21N3O4S. The first-order valence-corrected chi connectivity index (χ1v) is 9.81. The van der Waals surface area contributed by atoms with Gasteiger partial charge in [0.2, 0.25) is 0 Å². The largest absolute Gasteiger partial charge is 0.487 e. The van der Waals surface area contributed by atoms with Crippen molar-refractivity contribution in [3.05, 3.63) is 75.7 Å². The van der Waals surface area contributed by atoms with Gasteiger partial charge in [0.05, 0.1) is 10.7 Å². The molecule has 0 saturated carbocycles. The fourth-order valence-electron chi connectivity index (χ4n) is 2.43. The summed E-state index contributed by atoms with van der Waals surface area (Å²) in [5, 5.41) is 2.94. The summed E-state index contributed by atoms with van der Waals surface area (Å²) in [7, 11) is 0. The van der Waals surface area contributed by atoms with Gasteiger partial charge in [-0.05, 0) is 49.7 Å². The number of ether oxygens (including phenoxy) is 2. The number of amides is 2. The number of aromatic nitrogens is 1. The van der Waals surface area contributed by atoms with Crippen molar-refractivity contribution in [3.8, 4) is 11.5 Å². The summed E-state index contributed by atoms with van der Waals surface area (Å²) >= 11 is 1.57. The zero-order valence-electron chi connectivity index (χ0n) is 16.1. The van der Waals surface area contributed by atoms with Crippen LogP contribution in [-0.4, -0.2) is 23.4 Å². The molecule has 3 rings (SSSR count). The van der Waals surface area contributed by atoms with Crippen molar-refractivity contribution in [2.75, 3.05) is 6.61 Å². The van der Waals surface area contributed by atoms with E-state index in [1.165, 1.54) is 0 Å². The van der Waals surface area contributed by atoms with Crippen molar-refractivity contribution in [1.29, 1.82) is 0 Å². The topological polar surface area (TPSA) is 89.5 Å². The minimum atomic E-state index is -0.458. The number of benzene rings is 2. The first kappa shape index (κ1) is 20.3. The Morgan fingerprint density at radius 2 is 1.76 bits per heavy atom. The van der Waals surface area contributed by atoms with Crippen LogP contribution in [0.15, 0.2) is 53.9 Å². The minimum Gasteiger partial charge on any atom is -0.487 e. The molecule has 1 heterocycles. The molecule has 2 amide bonds. The molecule has 0 radical (unpaired) electrons. The summed E-state index contributed by atoms with van der Waals surface area (Å²) in [6, 6.07) is 14.0. The van der Waals surface area contributed by atoms with E-state index >= 15 is 0 Å². The number of nitrogens with zero attached hydrogens (tertiary/aromatic N) is 1. The molecule has 3 aromatic rings. The highest BCUT2D eigenvalue weighted by Crippen LogP contribution is 2.16. The van der Waals surface area contributed by atoms with Gasteiger partial charge in [0.1, 0.15) is 18.1 Å². The molecule has 0 bridgehead atoms. The number of para-hydroxylation sites is 1. The van der Waals surface area contributed by atoms with E-state index in [0.717, 1.165) is 16.3 Å². The number of hydrogen-bond acceptors (Lipinski definition) is 6. The third-order valence-corrected chi connectivity index (χ3v) is 4.76. The van der Waals surface area contributed by atoms with Gasteiger partial charge in [-0.1, -0.05) is 18.2 Å². The van der Waals surface area contributed by atoms with Crippen molar-refractivity contribution < 1.29 is 19.1 Å². The maximum Gasteiger partial charge on any atom is 0.276 e. The zero-order valence-corrected chi connectivity index (χ0v) is 16.9. The second kappa shape index (κ2) is 9.70. The SMILES string of the molecule is Cc1nc(COc2ccc(C(=O)NNC(=O)COc3ccccc3C)cc2)cs1. The Kier molecular flexibility index (Phi) is 6.80. The lowest BCUT2D eigenvalue weighted by Gasteiger charge is -2.10. The van der Waals surface area contributed by atoms with Gasteiger partial charge in [0.15, 0.2) is 6.61 Å². The molecule has 0 aliphatic carbocycles. The Morgan fingerprint density at radius 1 is 1.00 bits per heavy atom. The number of hydrogen-bond donors (Lipinski definition) is 2. The fraction of sp³-hybridized carbons (Fsp3) is 0.190. The minimum absolute atomic E-state index is 0.200. The molecule has 0 saturated heterocycles. The first-order chi connectivity index (χ1) is 14.0. The molecule has 7 nitrogen and oxygen atoms in total. The van der Waals surface area contributed by atoms with E-state index in [0.29, 0.717) is 23.7 Å². The van der Waals surface area contributed by atoms with Gasteiger partial charge >= 0.3 is 0 Å². The Hall–Kier alpha value is -3.39. The number of carbonyl (C=O) groups excluding carboxylic acids is 2. The molecule has 2 aromatic carbocycles. The van der Waals surface area contributed by atoms with Crippen molar-refractivity contribution in [3.63, 3.8) is 0 Å². The third kappa shape index (κ3) is 6.05. The molecule has 8 heteroatoms. The van der Waals surface area contributed by atoms with Gasteiger partial charge in [0, 0.05) is 10.9 Å². The van der Waals surface area contributed by atoms with Gasteiger partial charge in [-0.25, -0.2) is 4.98 Å². The second-order valence-electron chi connectivity index (χ2n) is 6.23. The van der Waals surface area contributed by atoms with Crippen molar-refractivity contribution >= 4 is 23.2 Å². The second-order valence-corrected chi connectivity index (χ2v) is 7.29. The molecule has 150 valence electrons. The van der Waals surface area contributed by atoms with Crippen molar-refractivity contribution in [2.45, 2.75) is 20.5 Å². The Balaban J connectivity index is 1.42. The van der Waals surface area contributed by atoms with Gasteiger partial charge < -0.3 is 9.47 Å². The quantitative estimate of drug-likeness (QED) is 0.583. The Morgan fingerprint density at radius 3 is 2.45 bits per heavy atom. The number of aryl methyl sites for hydroxylation is 2. The predicted octanol–water partition coefficient (Wildman–Crippen LogP) is 3.18. The third-order valence-electron chi connectivity index (χ3n) is 3.94. The highest BCUT2D eigenvalue weighted by atomic mass is 32.1. The lowest BCUT2D eigenvalue weighted by atomic mass is 10.2. The van der Waals surface area contributed by atoms with Crippen LogP contribution < -0.4 is 20.3 Å². The van der Waals surface area contributed by atoms with E-state index in [4.69, 9.17) is 9.47 Å². The predicted molar refractivity (Wildman–Crippen MR) is 110 cm³/mol. The standard InChI is InChI=1S/C21H21N3O4S/c1-14-5-3-4-6-19(14)28-12-20(25)23-24-21(26)16-7-9-18(10-8-16)27-11-17-13-29-15(2)22-17/h3-10,13H,11-12H2,1-2H3,(H,23,25)(H,24,26). The van der Waals surface area contributed by atoms with E-state index in [1.807, 2.05) is 37.4 Å². The summed E-state index contributed by atoms with van der Waals surface area (Å²) in [6.07, 6.45) is 0. The molecular weight excluding hydrogens is 390 g/mol. The molecule has 0 fully saturated rings. The lowest BCUT2D eigenvalue weighted by Crippen LogP contribution is -2.43. The summed E-state index contributed by atoms with van der Waals surface area (Å²) < 4.78 is 11.1. The number of nitrogens with one attached hydrogen (secondary N) is 2. The summed E-state index contributed by atoms with van der Waals surface area (Å²) in [5.74, 6) is 0.358. The monoisotopic (exact) mass is 411 g/mol. The van der Waals surface area contributed by atoms with Crippen LogP contribution in [0.5, 0.6) is 11.5 Å². The smallest absolute Gasteiger partial charge is 0.276 e. The van der Waals surface area contributed by atoms with E-state index < -0.39 is 11.8 Å². The lowest BCUT2D eigenvalue weighted by molar-refractivity contribution is -0.123. The maximum atomic E-state index is 12.2. The molecule has 1 aromatic heterocycles. The highest BCUT2D eigenvalue weighted by Gasteiger charge is 2.09. The molecule has 0 spiro atoms. The van der Waals surface area contributed by atoms with E-state index in [2.05, 4.69) is 15.8 Å². The van der Waals surface area contributed by atoms with E-state index in [1.54, 1.807) is 41.7 Å². The van der Waals surface area contributed by atoms with Crippen LogP contribution in [0.4, 0.5) is 0 Å². The molecule has 29 heavy (non-hydrogen) atoms. The number of hydrazine groups is 1. The maximum absolute atomic E-state index is 12.2.